The molecular weight excluding hydrogens is 156 g/mol. The molecule has 0 radical (unpaired) electrons. The van der Waals surface area contributed by atoms with Crippen LogP contribution in [0.2, 0.25) is 0 Å². The quantitative estimate of drug-likeness (QED) is 0.368. The standard InChI is InChI=1S/C8H12N2O2/c9-4-8(12)5-1-2-7(11)6(10)3-5/h1-3,8,11-12H,4,9-10H2. The third kappa shape index (κ3) is 1.66. The van der Waals surface area contributed by atoms with Crippen molar-refractivity contribution in [2.24, 2.45) is 5.73 Å². The molecule has 6 N–H and O–H groups in total. The third-order valence-corrected chi connectivity index (χ3v) is 1.66. The van der Waals surface area contributed by atoms with E-state index in [-0.39, 0.29) is 18.0 Å². The van der Waals surface area contributed by atoms with Gasteiger partial charge < -0.3 is 21.7 Å². The van der Waals surface area contributed by atoms with E-state index >= 15 is 0 Å². The van der Waals surface area contributed by atoms with Crippen molar-refractivity contribution in [3.8, 4) is 5.75 Å². The molecule has 0 bridgehead atoms. The molecule has 4 heteroatoms. The first-order valence-corrected chi connectivity index (χ1v) is 3.61. The molecule has 0 fully saturated rings. The van der Waals surface area contributed by atoms with Crippen LogP contribution >= 0.6 is 0 Å². The number of nitrogen functional groups attached to an aromatic ring is 1. The van der Waals surface area contributed by atoms with Gasteiger partial charge in [-0.15, -0.1) is 0 Å². The van der Waals surface area contributed by atoms with E-state index in [0.29, 0.717) is 5.56 Å². The molecule has 1 atom stereocenters. The lowest BCUT2D eigenvalue weighted by Crippen LogP contribution is -2.11. The number of nitrogens with two attached hydrogens (primary N) is 2. The summed E-state index contributed by atoms with van der Waals surface area (Å²) in [4.78, 5) is 0. The molecule has 66 valence electrons. The van der Waals surface area contributed by atoms with E-state index in [0.717, 1.165) is 0 Å². The fourth-order valence-electron chi connectivity index (χ4n) is 0.916. The van der Waals surface area contributed by atoms with E-state index in [4.69, 9.17) is 16.6 Å². The number of aromatic hydroxyl groups is 1. The molecule has 0 aliphatic rings. The van der Waals surface area contributed by atoms with Crippen molar-refractivity contribution in [2.45, 2.75) is 6.10 Å². The maximum absolute atomic E-state index is 9.28. The number of aliphatic hydroxyl groups excluding tert-OH is 1. The summed E-state index contributed by atoms with van der Waals surface area (Å²) in [6, 6.07) is 4.53. The van der Waals surface area contributed by atoms with E-state index in [1.54, 1.807) is 6.07 Å². The highest BCUT2D eigenvalue weighted by Crippen LogP contribution is 2.23. The average molecular weight is 168 g/mol. The van der Waals surface area contributed by atoms with Gasteiger partial charge in [0.25, 0.3) is 0 Å². The van der Waals surface area contributed by atoms with E-state index < -0.39 is 6.10 Å². The second-order valence-electron chi connectivity index (χ2n) is 2.57. The molecule has 0 spiro atoms. The van der Waals surface area contributed by atoms with Gasteiger partial charge in [-0.3, -0.25) is 0 Å². The Hall–Kier alpha value is -1.26. The largest absolute Gasteiger partial charge is 0.506 e. The van der Waals surface area contributed by atoms with Gasteiger partial charge in [-0.1, -0.05) is 6.07 Å². The second kappa shape index (κ2) is 3.42. The Morgan fingerprint density at radius 3 is 2.58 bits per heavy atom. The predicted molar refractivity (Wildman–Crippen MR) is 46.5 cm³/mol. The lowest BCUT2D eigenvalue weighted by Gasteiger charge is -2.08. The number of hydrogen-bond donors (Lipinski definition) is 4. The van der Waals surface area contributed by atoms with Gasteiger partial charge in [-0.2, -0.15) is 0 Å². The highest BCUT2D eigenvalue weighted by atomic mass is 16.3. The highest BCUT2D eigenvalue weighted by molar-refractivity contribution is 5.53. The maximum Gasteiger partial charge on any atom is 0.138 e. The third-order valence-electron chi connectivity index (χ3n) is 1.66. The molecule has 12 heavy (non-hydrogen) atoms. The van der Waals surface area contributed by atoms with E-state index in [9.17, 15) is 5.11 Å². The van der Waals surface area contributed by atoms with Crippen LogP contribution in [0.4, 0.5) is 5.69 Å². The van der Waals surface area contributed by atoms with Crippen LogP contribution in [0, 0.1) is 0 Å². The fraction of sp³-hybridized carbons (Fsp3) is 0.250. The zero-order chi connectivity index (χ0) is 9.14. The zero-order valence-corrected chi connectivity index (χ0v) is 6.57. The highest BCUT2D eigenvalue weighted by Gasteiger charge is 2.06. The number of aliphatic hydroxyl groups is 1. The molecule has 1 aromatic carbocycles. The molecular formula is C8H12N2O2. The smallest absolute Gasteiger partial charge is 0.138 e. The predicted octanol–water partition coefficient (Wildman–Crippen LogP) is -0.0335. The van der Waals surface area contributed by atoms with Crippen LogP contribution in [-0.2, 0) is 0 Å². The van der Waals surface area contributed by atoms with Crippen molar-refractivity contribution in [1.82, 2.24) is 0 Å². The van der Waals surface area contributed by atoms with Crippen LogP contribution in [0.3, 0.4) is 0 Å². The number of benzene rings is 1. The molecule has 0 saturated heterocycles. The van der Waals surface area contributed by atoms with Crippen LogP contribution in [0.25, 0.3) is 0 Å². The van der Waals surface area contributed by atoms with Crippen molar-refractivity contribution in [3.05, 3.63) is 23.8 Å². The molecule has 0 heterocycles. The molecule has 1 aromatic rings. The Bertz CT molecular complexity index is 276. The van der Waals surface area contributed by atoms with Crippen LogP contribution in [0.15, 0.2) is 18.2 Å². The minimum Gasteiger partial charge on any atom is -0.506 e. The Kier molecular flexibility index (Phi) is 2.52. The van der Waals surface area contributed by atoms with Gasteiger partial charge in [-0.05, 0) is 17.7 Å². The first-order chi connectivity index (χ1) is 5.65. The second-order valence-corrected chi connectivity index (χ2v) is 2.57. The van der Waals surface area contributed by atoms with Gasteiger partial charge in [0.15, 0.2) is 0 Å². The summed E-state index contributed by atoms with van der Waals surface area (Å²) in [6.07, 6.45) is -0.715. The summed E-state index contributed by atoms with van der Waals surface area (Å²) in [5.74, 6) is 0.0166. The Morgan fingerprint density at radius 2 is 2.08 bits per heavy atom. The Morgan fingerprint density at radius 1 is 1.42 bits per heavy atom. The Balaban J connectivity index is 2.96. The molecule has 0 aliphatic heterocycles. The van der Waals surface area contributed by atoms with Crippen LogP contribution < -0.4 is 11.5 Å². The molecule has 1 rings (SSSR count). The Labute approximate surface area is 70.4 Å². The van der Waals surface area contributed by atoms with E-state index in [2.05, 4.69) is 0 Å². The van der Waals surface area contributed by atoms with Crippen molar-refractivity contribution < 1.29 is 10.2 Å². The molecule has 4 nitrogen and oxygen atoms in total. The van der Waals surface area contributed by atoms with Gasteiger partial charge in [0.1, 0.15) is 5.75 Å². The molecule has 0 aromatic heterocycles. The van der Waals surface area contributed by atoms with Crippen LogP contribution in [0.1, 0.15) is 11.7 Å². The van der Waals surface area contributed by atoms with Gasteiger partial charge in [0.05, 0.1) is 11.8 Å². The monoisotopic (exact) mass is 168 g/mol. The minimum absolute atomic E-state index is 0.0166. The first kappa shape index (κ1) is 8.83. The molecule has 0 saturated carbocycles. The van der Waals surface area contributed by atoms with Gasteiger partial charge >= 0.3 is 0 Å². The number of anilines is 1. The summed E-state index contributed by atoms with van der Waals surface area (Å²) in [6.45, 7) is 0.143. The molecule has 0 amide bonds. The minimum atomic E-state index is -0.715. The lowest BCUT2D eigenvalue weighted by molar-refractivity contribution is 0.187. The maximum atomic E-state index is 9.28. The van der Waals surface area contributed by atoms with Gasteiger partial charge in [0, 0.05) is 6.54 Å². The normalized spacial score (nSPS) is 12.8. The summed E-state index contributed by atoms with van der Waals surface area (Å²) in [7, 11) is 0. The number of hydrogen-bond acceptors (Lipinski definition) is 4. The summed E-state index contributed by atoms with van der Waals surface area (Å²) in [5.41, 5.74) is 11.5. The molecule has 0 aliphatic carbocycles. The number of phenolic OH excluding ortho intramolecular Hbond substituents is 1. The van der Waals surface area contributed by atoms with Crippen molar-refractivity contribution in [1.29, 1.82) is 0 Å². The fourth-order valence-corrected chi connectivity index (χ4v) is 0.916. The topological polar surface area (TPSA) is 92.5 Å². The number of rotatable bonds is 2. The summed E-state index contributed by atoms with van der Waals surface area (Å²) in [5, 5.41) is 18.3. The molecule has 1 unspecified atom stereocenters. The first-order valence-electron chi connectivity index (χ1n) is 3.61. The van der Waals surface area contributed by atoms with Gasteiger partial charge in [0.2, 0.25) is 0 Å². The van der Waals surface area contributed by atoms with Gasteiger partial charge in [-0.25, -0.2) is 0 Å². The zero-order valence-electron chi connectivity index (χ0n) is 6.57. The van der Waals surface area contributed by atoms with E-state index in [1.165, 1.54) is 12.1 Å². The van der Waals surface area contributed by atoms with E-state index in [1.807, 2.05) is 0 Å². The van der Waals surface area contributed by atoms with Crippen LogP contribution in [0.5, 0.6) is 5.75 Å². The van der Waals surface area contributed by atoms with Crippen LogP contribution in [-0.4, -0.2) is 16.8 Å². The lowest BCUT2D eigenvalue weighted by atomic mass is 10.1. The SMILES string of the molecule is NCC(O)c1ccc(O)c(N)c1. The summed E-state index contributed by atoms with van der Waals surface area (Å²) >= 11 is 0. The summed E-state index contributed by atoms with van der Waals surface area (Å²) < 4.78 is 0. The van der Waals surface area contributed by atoms with Crippen molar-refractivity contribution in [2.75, 3.05) is 12.3 Å². The van der Waals surface area contributed by atoms with Crippen molar-refractivity contribution in [3.63, 3.8) is 0 Å². The van der Waals surface area contributed by atoms with Crippen molar-refractivity contribution >= 4 is 5.69 Å². The number of phenols is 1. The average Bonchev–Trinajstić information content (AvgIpc) is 2.08.